The Hall–Kier alpha value is -1.66. The molecule has 0 saturated heterocycles. The molecule has 19 heavy (non-hydrogen) atoms. The normalized spacial score (nSPS) is 10.5. The lowest BCUT2D eigenvalue weighted by molar-refractivity contribution is 0.285. The van der Waals surface area contributed by atoms with Crippen LogP contribution in [-0.2, 0) is 6.54 Å². The van der Waals surface area contributed by atoms with Gasteiger partial charge in [0.15, 0.2) is 5.82 Å². The van der Waals surface area contributed by atoms with Crippen LogP contribution in [0.25, 0.3) is 5.69 Å². The van der Waals surface area contributed by atoms with E-state index in [1.54, 1.807) is 4.68 Å². The van der Waals surface area contributed by atoms with Gasteiger partial charge in [-0.05, 0) is 41.7 Å². The molecule has 1 heterocycles. The summed E-state index contributed by atoms with van der Waals surface area (Å²) in [4.78, 5) is 2.26. The fraction of sp³-hybridized carbons (Fsp3) is 0.417. The third-order valence-electron chi connectivity index (χ3n) is 2.91. The molecule has 0 aliphatic carbocycles. The highest BCUT2D eigenvalue weighted by Crippen LogP contribution is 2.12. The van der Waals surface area contributed by atoms with Gasteiger partial charge in [-0.1, -0.05) is 19.9 Å². The number of nitrogens with zero attached hydrogens (tertiary/aromatic N) is 5. The second-order valence-corrected chi connectivity index (χ2v) is 4.06. The average molecular weight is 283 g/mol. The maximum absolute atomic E-state index is 5.78. The van der Waals surface area contributed by atoms with Gasteiger partial charge >= 0.3 is 0 Å². The van der Waals surface area contributed by atoms with Crippen LogP contribution < -0.4 is 5.73 Å². The number of halogens is 1. The van der Waals surface area contributed by atoms with Gasteiger partial charge in [0, 0.05) is 5.69 Å². The Morgan fingerprint density at radius 3 is 2.63 bits per heavy atom. The number of rotatable bonds is 5. The van der Waals surface area contributed by atoms with Crippen LogP contribution in [0.3, 0.4) is 0 Å². The number of benzene rings is 1. The zero-order valence-electron chi connectivity index (χ0n) is 11.2. The van der Waals surface area contributed by atoms with Crippen molar-refractivity contribution in [2.75, 3.05) is 18.8 Å². The quantitative estimate of drug-likeness (QED) is 0.842. The van der Waals surface area contributed by atoms with Gasteiger partial charge in [-0.3, -0.25) is 4.90 Å². The number of nitrogen functional groups attached to an aromatic ring is 1. The third kappa shape index (κ3) is 3.65. The largest absolute Gasteiger partial charge is 0.399 e. The zero-order valence-corrected chi connectivity index (χ0v) is 12.0. The van der Waals surface area contributed by atoms with E-state index in [9.17, 15) is 0 Å². The average Bonchev–Trinajstić information content (AvgIpc) is 2.84. The first-order valence-corrected chi connectivity index (χ1v) is 6.10. The molecule has 104 valence electrons. The SMILES string of the molecule is CCN(CC)Cc1nnnn1-c1cccc(N)c1.Cl. The van der Waals surface area contributed by atoms with Crippen molar-refractivity contribution in [3.63, 3.8) is 0 Å². The molecule has 1 aromatic heterocycles. The van der Waals surface area contributed by atoms with Crippen LogP contribution in [0.5, 0.6) is 0 Å². The molecule has 2 aromatic rings. The number of anilines is 1. The Labute approximate surface area is 119 Å². The van der Waals surface area contributed by atoms with Gasteiger partial charge in [-0.2, -0.15) is 4.68 Å². The highest BCUT2D eigenvalue weighted by atomic mass is 35.5. The minimum atomic E-state index is 0. The molecule has 2 rings (SSSR count). The van der Waals surface area contributed by atoms with Crippen molar-refractivity contribution >= 4 is 18.1 Å². The third-order valence-corrected chi connectivity index (χ3v) is 2.91. The summed E-state index contributed by atoms with van der Waals surface area (Å²) in [6.07, 6.45) is 0. The molecule has 2 N–H and O–H groups in total. The van der Waals surface area contributed by atoms with Crippen molar-refractivity contribution in [1.82, 2.24) is 25.1 Å². The van der Waals surface area contributed by atoms with E-state index in [1.165, 1.54) is 0 Å². The summed E-state index contributed by atoms with van der Waals surface area (Å²) in [6, 6.07) is 7.55. The van der Waals surface area contributed by atoms with Crippen LogP contribution in [0.1, 0.15) is 19.7 Å². The minimum Gasteiger partial charge on any atom is -0.399 e. The molecule has 0 spiro atoms. The fourth-order valence-corrected chi connectivity index (χ4v) is 1.81. The van der Waals surface area contributed by atoms with E-state index >= 15 is 0 Å². The molecule has 0 radical (unpaired) electrons. The van der Waals surface area contributed by atoms with Gasteiger partial charge in [0.05, 0.1) is 12.2 Å². The summed E-state index contributed by atoms with van der Waals surface area (Å²) in [5.74, 6) is 0.823. The van der Waals surface area contributed by atoms with Gasteiger partial charge in [-0.25, -0.2) is 0 Å². The number of hydrogen-bond donors (Lipinski definition) is 1. The lowest BCUT2D eigenvalue weighted by Gasteiger charge is -2.17. The first-order chi connectivity index (χ1) is 8.74. The summed E-state index contributed by atoms with van der Waals surface area (Å²) in [5.41, 5.74) is 7.37. The molecule has 7 heteroatoms. The molecule has 0 aliphatic rings. The van der Waals surface area contributed by atoms with Crippen molar-refractivity contribution in [3.8, 4) is 5.69 Å². The number of hydrogen-bond acceptors (Lipinski definition) is 5. The Morgan fingerprint density at radius 1 is 1.26 bits per heavy atom. The second kappa shape index (κ2) is 7.06. The van der Waals surface area contributed by atoms with E-state index in [0.29, 0.717) is 5.69 Å². The van der Waals surface area contributed by atoms with Crippen LogP contribution in [0.15, 0.2) is 24.3 Å². The smallest absolute Gasteiger partial charge is 0.170 e. The number of aromatic nitrogens is 4. The summed E-state index contributed by atoms with van der Waals surface area (Å²) in [6.45, 7) is 6.92. The molecule has 0 unspecified atom stereocenters. The molecule has 0 amide bonds. The van der Waals surface area contributed by atoms with E-state index in [-0.39, 0.29) is 12.4 Å². The van der Waals surface area contributed by atoms with Crippen molar-refractivity contribution in [2.24, 2.45) is 0 Å². The Kier molecular flexibility index (Phi) is 5.72. The Morgan fingerprint density at radius 2 is 2.00 bits per heavy atom. The monoisotopic (exact) mass is 282 g/mol. The molecule has 0 saturated carbocycles. The van der Waals surface area contributed by atoms with E-state index < -0.39 is 0 Å². The zero-order chi connectivity index (χ0) is 13.0. The molecule has 0 aliphatic heterocycles. The number of tetrazole rings is 1. The van der Waals surface area contributed by atoms with Gasteiger partial charge in [0.2, 0.25) is 0 Å². The highest BCUT2D eigenvalue weighted by Gasteiger charge is 2.11. The van der Waals surface area contributed by atoms with Crippen LogP contribution in [0.2, 0.25) is 0 Å². The molecular formula is C12H19ClN6. The molecule has 0 bridgehead atoms. The van der Waals surface area contributed by atoms with Gasteiger partial charge < -0.3 is 5.73 Å². The van der Waals surface area contributed by atoms with Gasteiger partial charge in [0.25, 0.3) is 0 Å². The van der Waals surface area contributed by atoms with E-state index in [1.807, 2.05) is 24.3 Å². The molecule has 1 aromatic carbocycles. The second-order valence-electron chi connectivity index (χ2n) is 4.06. The van der Waals surface area contributed by atoms with Crippen molar-refractivity contribution in [1.29, 1.82) is 0 Å². The van der Waals surface area contributed by atoms with Gasteiger partial charge in [0.1, 0.15) is 0 Å². The maximum Gasteiger partial charge on any atom is 0.170 e. The molecular weight excluding hydrogens is 264 g/mol. The summed E-state index contributed by atoms with van der Waals surface area (Å²) >= 11 is 0. The lowest BCUT2D eigenvalue weighted by Crippen LogP contribution is -2.24. The Bertz CT molecular complexity index is 508. The molecule has 0 fully saturated rings. The highest BCUT2D eigenvalue weighted by molar-refractivity contribution is 5.85. The maximum atomic E-state index is 5.78. The molecule has 0 atom stereocenters. The predicted molar refractivity (Wildman–Crippen MR) is 77.4 cm³/mol. The van der Waals surface area contributed by atoms with E-state index in [2.05, 4.69) is 34.3 Å². The van der Waals surface area contributed by atoms with Crippen LogP contribution >= 0.6 is 12.4 Å². The van der Waals surface area contributed by atoms with Crippen molar-refractivity contribution < 1.29 is 0 Å². The lowest BCUT2D eigenvalue weighted by atomic mass is 10.3. The van der Waals surface area contributed by atoms with Crippen LogP contribution in [-0.4, -0.2) is 38.2 Å². The predicted octanol–water partition coefficient (Wildman–Crippen LogP) is 1.51. The number of nitrogens with two attached hydrogens (primary N) is 1. The first kappa shape index (κ1) is 15.4. The van der Waals surface area contributed by atoms with Crippen molar-refractivity contribution in [2.45, 2.75) is 20.4 Å². The summed E-state index contributed by atoms with van der Waals surface area (Å²) in [7, 11) is 0. The minimum absolute atomic E-state index is 0. The standard InChI is InChI=1S/C12H18N6.ClH/c1-3-17(4-2)9-12-14-15-16-18(12)11-7-5-6-10(13)8-11;/h5-8H,3-4,9,13H2,1-2H3;1H. The van der Waals surface area contributed by atoms with Gasteiger partial charge in [-0.15, -0.1) is 17.5 Å². The molecule has 6 nitrogen and oxygen atoms in total. The van der Waals surface area contributed by atoms with Crippen LogP contribution in [0, 0.1) is 0 Å². The Balaban J connectivity index is 0.00000180. The topological polar surface area (TPSA) is 72.9 Å². The van der Waals surface area contributed by atoms with E-state index in [0.717, 1.165) is 31.1 Å². The van der Waals surface area contributed by atoms with Crippen LogP contribution in [0.4, 0.5) is 5.69 Å². The van der Waals surface area contributed by atoms with E-state index in [4.69, 9.17) is 5.73 Å². The van der Waals surface area contributed by atoms with Crippen molar-refractivity contribution in [3.05, 3.63) is 30.1 Å². The summed E-state index contributed by atoms with van der Waals surface area (Å²) < 4.78 is 1.73. The summed E-state index contributed by atoms with van der Waals surface area (Å²) in [5, 5.41) is 11.8. The fourth-order valence-electron chi connectivity index (χ4n) is 1.81. The first-order valence-electron chi connectivity index (χ1n) is 6.10.